The first-order valence-corrected chi connectivity index (χ1v) is 5.36. The van der Waals surface area contributed by atoms with Crippen molar-refractivity contribution in [3.05, 3.63) is 40.0 Å². The van der Waals surface area contributed by atoms with E-state index in [0.717, 1.165) is 0 Å². The van der Waals surface area contributed by atoms with Crippen LogP contribution >= 0.6 is 15.9 Å². The Hall–Kier alpha value is -1.36. The average molecular weight is 272 g/mol. The zero-order valence-electron chi connectivity index (χ0n) is 8.14. The summed E-state index contributed by atoms with van der Waals surface area (Å²) in [6.45, 7) is 0. The number of nitrogens with zero attached hydrogens (tertiary/aromatic N) is 1. The molecule has 0 spiro atoms. The summed E-state index contributed by atoms with van der Waals surface area (Å²) in [4.78, 5) is 10.3. The van der Waals surface area contributed by atoms with Gasteiger partial charge in [0.25, 0.3) is 5.69 Å². The van der Waals surface area contributed by atoms with E-state index in [1.54, 1.807) is 24.3 Å². The van der Waals surface area contributed by atoms with E-state index in [9.17, 15) is 10.1 Å². The lowest BCUT2D eigenvalue weighted by Crippen LogP contribution is -1.93. The highest BCUT2D eigenvalue weighted by atomic mass is 79.9. The first-order valence-electron chi connectivity index (χ1n) is 4.24. The molecule has 15 heavy (non-hydrogen) atoms. The standard InChI is InChI=1S/C10H10BrNO3/c1-15-9-5-4-8(3-2-6-11)10(7-9)12(13)14/h2-5,7H,6H2,1H3/b3-2+. The second-order valence-electron chi connectivity index (χ2n) is 2.74. The Morgan fingerprint density at radius 1 is 1.60 bits per heavy atom. The van der Waals surface area contributed by atoms with Crippen molar-refractivity contribution < 1.29 is 9.66 Å². The third-order valence-electron chi connectivity index (χ3n) is 1.82. The topological polar surface area (TPSA) is 52.4 Å². The summed E-state index contributed by atoms with van der Waals surface area (Å²) in [6.07, 6.45) is 3.50. The van der Waals surface area contributed by atoms with Crippen LogP contribution in [0.4, 0.5) is 5.69 Å². The SMILES string of the molecule is COc1ccc(/C=C/CBr)c([N+](=O)[O-])c1. The van der Waals surface area contributed by atoms with Gasteiger partial charge in [-0.3, -0.25) is 10.1 Å². The van der Waals surface area contributed by atoms with Gasteiger partial charge < -0.3 is 4.74 Å². The Morgan fingerprint density at radius 2 is 2.33 bits per heavy atom. The lowest BCUT2D eigenvalue weighted by Gasteiger charge is -2.01. The highest BCUT2D eigenvalue weighted by molar-refractivity contribution is 9.09. The van der Waals surface area contributed by atoms with Crippen molar-refractivity contribution in [1.82, 2.24) is 0 Å². The van der Waals surface area contributed by atoms with E-state index >= 15 is 0 Å². The van der Waals surface area contributed by atoms with Gasteiger partial charge in [0.15, 0.2) is 0 Å². The molecule has 0 aromatic heterocycles. The largest absolute Gasteiger partial charge is 0.497 e. The maximum absolute atomic E-state index is 10.8. The summed E-state index contributed by atoms with van der Waals surface area (Å²) >= 11 is 3.22. The number of alkyl halides is 1. The summed E-state index contributed by atoms with van der Waals surface area (Å²) in [6, 6.07) is 4.77. The summed E-state index contributed by atoms with van der Waals surface area (Å²) in [5.74, 6) is 0.484. The normalized spacial score (nSPS) is 10.5. The van der Waals surface area contributed by atoms with Gasteiger partial charge in [0.2, 0.25) is 0 Å². The smallest absolute Gasteiger partial charge is 0.280 e. The van der Waals surface area contributed by atoms with E-state index in [-0.39, 0.29) is 5.69 Å². The summed E-state index contributed by atoms with van der Waals surface area (Å²) in [5.41, 5.74) is 0.617. The van der Waals surface area contributed by atoms with Crippen LogP contribution in [0.25, 0.3) is 6.08 Å². The van der Waals surface area contributed by atoms with Crippen molar-refractivity contribution in [1.29, 1.82) is 0 Å². The van der Waals surface area contributed by atoms with Gasteiger partial charge in [-0.2, -0.15) is 0 Å². The number of nitro benzene ring substituents is 1. The van der Waals surface area contributed by atoms with Gasteiger partial charge in [-0.15, -0.1) is 0 Å². The van der Waals surface area contributed by atoms with E-state index in [0.29, 0.717) is 16.6 Å². The quantitative estimate of drug-likeness (QED) is 0.481. The molecule has 1 aromatic rings. The van der Waals surface area contributed by atoms with Crippen LogP contribution in [0, 0.1) is 10.1 Å². The van der Waals surface area contributed by atoms with Gasteiger partial charge in [0.05, 0.1) is 23.7 Å². The molecule has 5 heteroatoms. The van der Waals surface area contributed by atoms with Gasteiger partial charge in [-0.25, -0.2) is 0 Å². The van der Waals surface area contributed by atoms with E-state index < -0.39 is 4.92 Å². The predicted molar refractivity (Wildman–Crippen MR) is 62.5 cm³/mol. The van der Waals surface area contributed by atoms with Gasteiger partial charge >= 0.3 is 0 Å². The van der Waals surface area contributed by atoms with Gasteiger partial charge in [-0.1, -0.05) is 28.1 Å². The molecule has 0 N–H and O–H groups in total. The molecule has 0 atom stereocenters. The number of benzene rings is 1. The van der Waals surface area contributed by atoms with E-state index in [4.69, 9.17) is 4.74 Å². The molecule has 1 rings (SSSR count). The first-order chi connectivity index (χ1) is 7.19. The average Bonchev–Trinajstić information content (AvgIpc) is 2.26. The van der Waals surface area contributed by atoms with E-state index in [1.807, 2.05) is 0 Å². The Balaban J connectivity index is 3.15. The summed E-state index contributed by atoms with van der Waals surface area (Å²) in [5, 5.41) is 11.4. The van der Waals surface area contributed by atoms with Gasteiger partial charge in [0.1, 0.15) is 5.75 Å². The van der Waals surface area contributed by atoms with Gasteiger partial charge in [0, 0.05) is 5.33 Å². The van der Waals surface area contributed by atoms with Crippen LogP contribution in [0.1, 0.15) is 5.56 Å². The summed E-state index contributed by atoms with van der Waals surface area (Å²) in [7, 11) is 1.48. The van der Waals surface area contributed by atoms with Crippen LogP contribution < -0.4 is 4.74 Å². The van der Waals surface area contributed by atoms with Crippen LogP contribution in [0.2, 0.25) is 0 Å². The molecular formula is C10H10BrNO3. The van der Waals surface area contributed by atoms with E-state index in [1.165, 1.54) is 13.2 Å². The van der Waals surface area contributed by atoms with E-state index in [2.05, 4.69) is 15.9 Å². The Kier molecular flexibility index (Phi) is 4.30. The maximum Gasteiger partial charge on any atom is 0.280 e. The minimum atomic E-state index is -0.420. The van der Waals surface area contributed by atoms with Crippen LogP contribution in [-0.4, -0.2) is 17.4 Å². The van der Waals surface area contributed by atoms with Crippen molar-refractivity contribution >= 4 is 27.7 Å². The number of nitro groups is 1. The molecule has 0 fully saturated rings. The molecule has 0 saturated heterocycles. The molecule has 0 bridgehead atoms. The number of allylic oxidation sites excluding steroid dienone is 1. The highest BCUT2D eigenvalue weighted by Crippen LogP contribution is 2.25. The minimum Gasteiger partial charge on any atom is -0.497 e. The van der Waals surface area contributed by atoms with Crippen LogP contribution in [0.5, 0.6) is 5.75 Å². The molecule has 0 aliphatic heterocycles. The number of rotatable bonds is 4. The lowest BCUT2D eigenvalue weighted by atomic mass is 10.1. The summed E-state index contributed by atoms with van der Waals surface area (Å²) < 4.78 is 4.93. The Labute approximate surface area is 95.8 Å². The molecule has 0 saturated carbocycles. The second kappa shape index (κ2) is 5.50. The highest BCUT2D eigenvalue weighted by Gasteiger charge is 2.12. The fourth-order valence-corrected chi connectivity index (χ4v) is 1.31. The Morgan fingerprint density at radius 3 is 2.87 bits per heavy atom. The molecule has 0 heterocycles. The van der Waals surface area contributed by atoms with Crippen molar-refractivity contribution in [2.45, 2.75) is 0 Å². The minimum absolute atomic E-state index is 0.0477. The number of hydrogen-bond acceptors (Lipinski definition) is 3. The van der Waals surface area contributed by atoms with Crippen LogP contribution in [-0.2, 0) is 0 Å². The van der Waals surface area contributed by atoms with Crippen LogP contribution in [0.15, 0.2) is 24.3 Å². The molecule has 0 aliphatic rings. The number of ether oxygens (including phenoxy) is 1. The fraction of sp³-hybridized carbons (Fsp3) is 0.200. The number of halogens is 1. The number of hydrogen-bond donors (Lipinski definition) is 0. The molecule has 4 nitrogen and oxygen atoms in total. The molecule has 80 valence electrons. The molecular weight excluding hydrogens is 262 g/mol. The zero-order chi connectivity index (χ0) is 11.3. The van der Waals surface area contributed by atoms with Crippen molar-refractivity contribution in [2.24, 2.45) is 0 Å². The number of methoxy groups -OCH3 is 1. The third kappa shape index (κ3) is 3.06. The molecule has 1 aromatic carbocycles. The third-order valence-corrected chi connectivity index (χ3v) is 2.19. The maximum atomic E-state index is 10.8. The first kappa shape index (κ1) is 11.7. The lowest BCUT2D eigenvalue weighted by molar-refractivity contribution is -0.385. The van der Waals surface area contributed by atoms with Crippen LogP contribution in [0.3, 0.4) is 0 Å². The van der Waals surface area contributed by atoms with Crippen molar-refractivity contribution in [3.8, 4) is 5.75 Å². The monoisotopic (exact) mass is 271 g/mol. The van der Waals surface area contributed by atoms with Gasteiger partial charge in [-0.05, 0) is 12.1 Å². The molecule has 0 radical (unpaired) electrons. The predicted octanol–water partition coefficient (Wildman–Crippen LogP) is 3.01. The van der Waals surface area contributed by atoms with Crippen molar-refractivity contribution in [3.63, 3.8) is 0 Å². The molecule has 0 unspecified atom stereocenters. The molecule has 0 amide bonds. The zero-order valence-corrected chi connectivity index (χ0v) is 9.73. The molecule has 0 aliphatic carbocycles. The van der Waals surface area contributed by atoms with Crippen molar-refractivity contribution in [2.75, 3.05) is 12.4 Å². The Bertz CT molecular complexity index is 390. The fourth-order valence-electron chi connectivity index (χ4n) is 1.12. The second-order valence-corrected chi connectivity index (χ2v) is 3.39.